The maximum atomic E-state index is 5.68. The fourth-order valence-electron chi connectivity index (χ4n) is 2.96. The first-order chi connectivity index (χ1) is 8.06. The summed E-state index contributed by atoms with van der Waals surface area (Å²) in [7, 11) is 2.54. The normalized spacial score (nSPS) is 14.2. The Morgan fingerprint density at radius 1 is 0.833 bits per heavy atom. The van der Waals surface area contributed by atoms with Crippen LogP contribution in [0.25, 0.3) is 0 Å². The van der Waals surface area contributed by atoms with Gasteiger partial charge in [0.05, 0.1) is 19.6 Å². The highest BCUT2D eigenvalue weighted by atomic mass is 28.4. The number of nitrogens with zero attached hydrogens (tertiary/aromatic N) is 1. The maximum absolute atomic E-state index is 5.68. The molecule has 0 spiro atoms. The van der Waals surface area contributed by atoms with Gasteiger partial charge in [0, 0.05) is 27.8 Å². The molecule has 0 aliphatic carbocycles. The van der Waals surface area contributed by atoms with Gasteiger partial charge in [-0.3, -0.25) is 0 Å². The van der Waals surface area contributed by atoms with Crippen LogP contribution in [0.15, 0.2) is 0 Å². The summed E-state index contributed by atoms with van der Waals surface area (Å²) < 4.78 is 18.0. The molecule has 0 bridgehead atoms. The predicted octanol–water partition coefficient (Wildman–Crippen LogP) is 1.88. The van der Waals surface area contributed by atoms with Crippen LogP contribution in [0.2, 0.25) is 0 Å². The Balaban J connectivity index is 0. The lowest BCUT2D eigenvalue weighted by Gasteiger charge is -2.47. The number of quaternary nitrogens is 1. The summed E-state index contributed by atoms with van der Waals surface area (Å²) in [6.45, 7) is 12.1. The minimum absolute atomic E-state index is 0. The Morgan fingerprint density at radius 3 is 1.33 bits per heavy atom. The van der Waals surface area contributed by atoms with Gasteiger partial charge in [0.2, 0.25) is 0 Å². The SMILES string of the molecule is CCC([N+](CC)(CC)CC)[Si](OC)(OC)OC.[OH-]. The van der Waals surface area contributed by atoms with Gasteiger partial charge in [-0.25, -0.2) is 0 Å². The third kappa shape index (κ3) is 3.52. The molecule has 0 saturated carbocycles. The van der Waals surface area contributed by atoms with Gasteiger partial charge >= 0.3 is 8.80 Å². The second-order valence-electron chi connectivity index (χ2n) is 4.31. The fraction of sp³-hybridized carbons (Fsp3) is 1.00. The van der Waals surface area contributed by atoms with E-state index in [2.05, 4.69) is 27.7 Å². The summed E-state index contributed by atoms with van der Waals surface area (Å²) in [6.07, 6.45) is 1.01. The molecule has 5 nitrogen and oxygen atoms in total. The molecule has 1 N–H and O–H groups in total. The van der Waals surface area contributed by atoms with Crippen molar-refractivity contribution in [2.75, 3.05) is 41.0 Å². The van der Waals surface area contributed by atoms with E-state index in [1.807, 2.05) is 0 Å². The summed E-state index contributed by atoms with van der Waals surface area (Å²) >= 11 is 0. The molecular formula is C12H31NO4Si. The van der Waals surface area contributed by atoms with E-state index in [1.165, 1.54) is 0 Å². The summed E-state index contributed by atoms with van der Waals surface area (Å²) in [5.74, 6) is 0. The molecule has 0 aromatic rings. The van der Waals surface area contributed by atoms with Crippen LogP contribution in [0.3, 0.4) is 0 Å². The molecule has 6 heteroatoms. The summed E-state index contributed by atoms with van der Waals surface area (Å²) in [6, 6.07) is 0. The monoisotopic (exact) mass is 281 g/mol. The largest absolute Gasteiger partial charge is 0.870 e. The average molecular weight is 281 g/mol. The topological polar surface area (TPSA) is 57.7 Å². The standard InChI is InChI=1S/C12H30NO3Si.H2O/c1-8-12(13(9-2,10-3)11-4)17(14-5,15-6)16-7;/h12H,8-11H2,1-7H3;1H2/q+1;/p-1. The fourth-order valence-corrected chi connectivity index (χ4v) is 6.00. The quantitative estimate of drug-likeness (QED) is 0.478. The molecule has 0 heterocycles. The minimum atomic E-state index is -2.57. The van der Waals surface area contributed by atoms with E-state index < -0.39 is 8.80 Å². The highest BCUT2D eigenvalue weighted by Gasteiger charge is 2.56. The van der Waals surface area contributed by atoms with Gasteiger partial charge in [-0.05, 0) is 20.8 Å². The Morgan fingerprint density at radius 2 is 1.17 bits per heavy atom. The zero-order valence-electron chi connectivity index (χ0n) is 13.0. The third-order valence-corrected chi connectivity index (χ3v) is 7.68. The van der Waals surface area contributed by atoms with Crippen molar-refractivity contribution in [2.45, 2.75) is 39.8 Å². The van der Waals surface area contributed by atoms with Crippen LogP contribution in [0.5, 0.6) is 0 Å². The van der Waals surface area contributed by atoms with Gasteiger partial charge in [0.15, 0.2) is 5.67 Å². The Hall–Kier alpha value is 0.0169. The van der Waals surface area contributed by atoms with E-state index in [1.54, 1.807) is 21.3 Å². The zero-order chi connectivity index (χ0) is 13.5. The number of rotatable bonds is 9. The predicted molar refractivity (Wildman–Crippen MR) is 74.7 cm³/mol. The molecular weight excluding hydrogens is 250 g/mol. The molecule has 112 valence electrons. The molecule has 1 atom stereocenters. The first-order valence-corrected chi connectivity index (χ1v) is 8.37. The van der Waals surface area contributed by atoms with Crippen LogP contribution < -0.4 is 0 Å². The zero-order valence-corrected chi connectivity index (χ0v) is 14.0. The van der Waals surface area contributed by atoms with E-state index in [0.717, 1.165) is 30.5 Å². The van der Waals surface area contributed by atoms with Crippen molar-refractivity contribution in [2.24, 2.45) is 0 Å². The van der Waals surface area contributed by atoms with Gasteiger partial charge in [-0.15, -0.1) is 0 Å². The van der Waals surface area contributed by atoms with E-state index in [4.69, 9.17) is 13.3 Å². The van der Waals surface area contributed by atoms with Gasteiger partial charge < -0.3 is 23.2 Å². The first-order valence-electron chi connectivity index (χ1n) is 6.57. The molecule has 0 aromatic heterocycles. The third-order valence-electron chi connectivity index (χ3n) is 4.20. The highest BCUT2D eigenvalue weighted by Crippen LogP contribution is 2.27. The molecule has 0 rings (SSSR count). The van der Waals surface area contributed by atoms with E-state index in [0.29, 0.717) is 5.67 Å². The van der Waals surface area contributed by atoms with E-state index in [-0.39, 0.29) is 5.48 Å². The van der Waals surface area contributed by atoms with Crippen molar-refractivity contribution in [3.05, 3.63) is 0 Å². The van der Waals surface area contributed by atoms with Gasteiger partial charge in [0.25, 0.3) is 0 Å². The lowest BCUT2D eigenvalue weighted by Crippen LogP contribution is -2.69. The van der Waals surface area contributed by atoms with Crippen molar-refractivity contribution in [3.63, 3.8) is 0 Å². The molecule has 0 aromatic carbocycles. The molecule has 0 aliphatic heterocycles. The Bertz CT molecular complexity index is 172. The molecule has 0 aliphatic rings. The van der Waals surface area contributed by atoms with Crippen LogP contribution in [0.1, 0.15) is 34.1 Å². The summed E-state index contributed by atoms with van der Waals surface area (Å²) in [5.41, 5.74) is 0.308. The molecule has 0 radical (unpaired) electrons. The second-order valence-corrected chi connectivity index (χ2v) is 7.41. The van der Waals surface area contributed by atoms with Crippen molar-refractivity contribution in [1.82, 2.24) is 0 Å². The average Bonchev–Trinajstić information content (AvgIpc) is 2.40. The molecule has 1 unspecified atom stereocenters. The van der Waals surface area contributed by atoms with Crippen molar-refractivity contribution < 1.29 is 23.2 Å². The Labute approximate surface area is 113 Å². The lowest BCUT2D eigenvalue weighted by molar-refractivity contribution is -0.938. The van der Waals surface area contributed by atoms with Gasteiger partial charge in [-0.1, -0.05) is 6.92 Å². The minimum Gasteiger partial charge on any atom is -0.870 e. The molecule has 18 heavy (non-hydrogen) atoms. The van der Waals surface area contributed by atoms with Crippen molar-refractivity contribution in [3.8, 4) is 0 Å². The van der Waals surface area contributed by atoms with E-state index in [9.17, 15) is 0 Å². The van der Waals surface area contributed by atoms with Gasteiger partial charge in [0.1, 0.15) is 0 Å². The number of hydrogen-bond acceptors (Lipinski definition) is 4. The van der Waals surface area contributed by atoms with Gasteiger partial charge in [-0.2, -0.15) is 0 Å². The summed E-state index contributed by atoms with van der Waals surface area (Å²) in [4.78, 5) is 0. The molecule has 0 amide bonds. The van der Waals surface area contributed by atoms with Crippen LogP contribution in [0, 0.1) is 0 Å². The number of hydrogen-bond donors (Lipinski definition) is 0. The van der Waals surface area contributed by atoms with Crippen molar-refractivity contribution in [1.29, 1.82) is 0 Å². The highest BCUT2D eigenvalue weighted by molar-refractivity contribution is 6.62. The smallest absolute Gasteiger partial charge is 0.561 e. The maximum Gasteiger partial charge on any atom is 0.561 e. The summed E-state index contributed by atoms with van der Waals surface area (Å²) in [5, 5.41) is 0. The van der Waals surface area contributed by atoms with Crippen molar-refractivity contribution >= 4 is 8.80 Å². The first kappa shape index (κ1) is 20.3. The second kappa shape index (κ2) is 9.01. The van der Waals surface area contributed by atoms with Crippen LogP contribution in [0.4, 0.5) is 0 Å². The molecule has 0 saturated heterocycles. The van der Waals surface area contributed by atoms with Crippen LogP contribution in [-0.2, 0) is 13.3 Å². The lowest BCUT2D eigenvalue weighted by atomic mass is 10.3. The Kier molecular flexibility index (Phi) is 10.2. The van der Waals surface area contributed by atoms with E-state index >= 15 is 0 Å². The van der Waals surface area contributed by atoms with Crippen LogP contribution in [-0.4, -0.2) is 65.4 Å². The molecule has 0 fully saturated rings. The van der Waals surface area contributed by atoms with Crippen LogP contribution >= 0.6 is 0 Å².